The first-order valence-corrected chi connectivity index (χ1v) is 5.89. The summed E-state index contributed by atoms with van der Waals surface area (Å²) in [6.45, 7) is 1.84. The molecule has 17 heavy (non-hydrogen) atoms. The maximum atomic E-state index is 11.7. The van der Waals surface area contributed by atoms with Gasteiger partial charge in [0.05, 0.1) is 11.8 Å². The number of H-pyrrole nitrogens is 1. The lowest BCUT2D eigenvalue weighted by molar-refractivity contribution is 0.431. The topological polar surface area (TPSA) is 75.1 Å². The fourth-order valence-corrected chi connectivity index (χ4v) is 2.04. The van der Waals surface area contributed by atoms with E-state index in [-0.39, 0.29) is 5.88 Å². The van der Waals surface area contributed by atoms with E-state index in [2.05, 4.69) is 27.6 Å². The molecular formula is C11H9IN2O3. The molecule has 2 rings (SSSR count). The van der Waals surface area contributed by atoms with Gasteiger partial charge in [0, 0.05) is 3.57 Å². The summed E-state index contributed by atoms with van der Waals surface area (Å²) >= 11 is 2.14. The minimum atomic E-state index is -0.653. The molecule has 88 valence electrons. The first-order valence-electron chi connectivity index (χ1n) is 4.81. The number of nitrogens with zero attached hydrogens (tertiary/aromatic N) is 1. The summed E-state index contributed by atoms with van der Waals surface area (Å²) in [7, 11) is 0. The Morgan fingerprint density at radius 2 is 2.06 bits per heavy atom. The number of rotatable bonds is 1. The van der Waals surface area contributed by atoms with Crippen LogP contribution < -0.4 is 11.2 Å². The van der Waals surface area contributed by atoms with Crippen LogP contribution in [-0.2, 0) is 0 Å². The average Bonchev–Trinajstić information content (AvgIpc) is 2.23. The fraction of sp³-hybridized carbons (Fsp3) is 0.0909. The van der Waals surface area contributed by atoms with Gasteiger partial charge in [-0.05, 0) is 47.2 Å². The molecule has 0 aliphatic rings. The number of aromatic nitrogens is 2. The fourth-order valence-electron chi connectivity index (χ4n) is 1.55. The minimum Gasteiger partial charge on any atom is -0.494 e. The van der Waals surface area contributed by atoms with Crippen molar-refractivity contribution in [2.24, 2.45) is 0 Å². The lowest BCUT2D eigenvalue weighted by atomic mass is 10.2. The molecule has 0 unspecified atom stereocenters. The first-order chi connectivity index (χ1) is 8.00. The van der Waals surface area contributed by atoms with Crippen LogP contribution in [0.25, 0.3) is 5.69 Å². The Balaban J connectivity index is 2.82. The zero-order valence-electron chi connectivity index (χ0n) is 8.90. The summed E-state index contributed by atoms with van der Waals surface area (Å²) in [5, 5.41) is 9.68. The third-order valence-electron chi connectivity index (χ3n) is 2.40. The normalized spacial score (nSPS) is 10.5. The van der Waals surface area contributed by atoms with Crippen molar-refractivity contribution in [3.63, 3.8) is 0 Å². The summed E-state index contributed by atoms with van der Waals surface area (Å²) in [5.74, 6) is -0.371. The Morgan fingerprint density at radius 1 is 1.35 bits per heavy atom. The van der Waals surface area contributed by atoms with Crippen LogP contribution in [0.5, 0.6) is 5.88 Å². The first kappa shape index (κ1) is 11.9. The summed E-state index contributed by atoms with van der Waals surface area (Å²) in [5.41, 5.74) is 0.139. The van der Waals surface area contributed by atoms with E-state index in [0.717, 1.165) is 19.8 Å². The number of aromatic hydroxyl groups is 1. The number of hydrogen-bond donors (Lipinski definition) is 2. The van der Waals surface area contributed by atoms with Gasteiger partial charge in [-0.2, -0.15) is 0 Å². The van der Waals surface area contributed by atoms with Crippen molar-refractivity contribution in [2.75, 3.05) is 0 Å². The van der Waals surface area contributed by atoms with E-state index in [9.17, 15) is 14.7 Å². The molecule has 2 aromatic rings. The van der Waals surface area contributed by atoms with Gasteiger partial charge in [0.2, 0.25) is 5.88 Å². The van der Waals surface area contributed by atoms with Crippen LogP contribution in [-0.4, -0.2) is 14.7 Å². The zero-order chi connectivity index (χ0) is 12.6. The lowest BCUT2D eigenvalue weighted by Crippen LogP contribution is -2.28. The molecule has 1 aromatic heterocycles. The second kappa shape index (κ2) is 4.36. The number of nitrogens with one attached hydrogen (secondary N) is 1. The molecule has 0 aliphatic heterocycles. The molecule has 0 amide bonds. The maximum Gasteiger partial charge on any atom is 0.335 e. The van der Waals surface area contributed by atoms with Gasteiger partial charge in [-0.3, -0.25) is 9.78 Å². The van der Waals surface area contributed by atoms with Gasteiger partial charge in [-0.1, -0.05) is 6.07 Å². The van der Waals surface area contributed by atoms with Crippen molar-refractivity contribution in [3.05, 3.63) is 54.2 Å². The van der Waals surface area contributed by atoms with Crippen molar-refractivity contribution in [2.45, 2.75) is 6.92 Å². The van der Waals surface area contributed by atoms with Crippen molar-refractivity contribution >= 4 is 22.6 Å². The Labute approximate surface area is 110 Å². The predicted molar refractivity (Wildman–Crippen MR) is 71.8 cm³/mol. The molecule has 0 aliphatic carbocycles. The molecule has 6 heteroatoms. The van der Waals surface area contributed by atoms with Crippen LogP contribution in [0.4, 0.5) is 0 Å². The minimum absolute atomic E-state index is 0.371. The van der Waals surface area contributed by atoms with Gasteiger partial charge in [0.25, 0.3) is 5.56 Å². The van der Waals surface area contributed by atoms with E-state index in [0.29, 0.717) is 5.69 Å². The van der Waals surface area contributed by atoms with Crippen LogP contribution in [0, 0.1) is 10.5 Å². The van der Waals surface area contributed by atoms with Crippen LogP contribution >= 0.6 is 22.6 Å². The maximum absolute atomic E-state index is 11.7. The van der Waals surface area contributed by atoms with E-state index in [1.165, 1.54) is 0 Å². The summed E-state index contributed by atoms with van der Waals surface area (Å²) < 4.78 is 2.04. The summed E-state index contributed by atoms with van der Waals surface area (Å²) in [4.78, 5) is 24.8. The van der Waals surface area contributed by atoms with E-state index < -0.39 is 11.2 Å². The van der Waals surface area contributed by atoms with Gasteiger partial charge < -0.3 is 5.11 Å². The van der Waals surface area contributed by atoms with Gasteiger partial charge >= 0.3 is 5.69 Å². The highest BCUT2D eigenvalue weighted by Gasteiger charge is 2.10. The molecule has 5 nitrogen and oxygen atoms in total. The Kier molecular flexibility index (Phi) is 3.05. The second-order valence-electron chi connectivity index (χ2n) is 3.52. The molecule has 1 heterocycles. The molecule has 0 saturated heterocycles. The predicted octanol–water partition coefficient (Wildman–Crippen LogP) is 1.14. The summed E-state index contributed by atoms with van der Waals surface area (Å²) in [6.07, 6.45) is 0. The van der Waals surface area contributed by atoms with Crippen LogP contribution in [0.3, 0.4) is 0 Å². The van der Waals surface area contributed by atoms with Gasteiger partial charge in [0.15, 0.2) is 0 Å². The van der Waals surface area contributed by atoms with E-state index in [1.54, 1.807) is 12.1 Å². The molecule has 0 bridgehead atoms. The zero-order valence-corrected chi connectivity index (χ0v) is 11.1. The van der Waals surface area contributed by atoms with Crippen molar-refractivity contribution < 1.29 is 5.11 Å². The lowest BCUT2D eigenvalue weighted by Gasteiger charge is -2.11. The smallest absolute Gasteiger partial charge is 0.335 e. The van der Waals surface area contributed by atoms with Crippen LogP contribution in [0.2, 0.25) is 0 Å². The van der Waals surface area contributed by atoms with E-state index >= 15 is 0 Å². The molecule has 0 atom stereocenters. The molecule has 0 radical (unpaired) electrons. The summed E-state index contributed by atoms with van der Waals surface area (Å²) in [6, 6.07) is 6.35. The Morgan fingerprint density at radius 3 is 2.71 bits per heavy atom. The molecule has 0 spiro atoms. The Bertz CT molecular complexity index is 688. The van der Waals surface area contributed by atoms with Gasteiger partial charge in [0.1, 0.15) is 0 Å². The van der Waals surface area contributed by atoms with E-state index in [1.807, 2.05) is 13.0 Å². The largest absolute Gasteiger partial charge is 0.494 e. The van der Waals surface area contributed by atoms with Crippen LogP contribution in [0.1, 0.15) is 5.56 Å². The van der Waals surface area contributed by atoms with Crippen LogP contribution in [0.15, 0.2) is 33.9 Å². The van der Waals surface area contributed by atoms with Crippen molar-refractivity contribution in [3.8, 4) is 11.6 Å². The quantitative estimate of drug-likeness (QED) is 0.762. The highest BCUT2D eigenvalue weighted by Crippen LogP contribution is 2.20. The average molecular weight is 344 g/mol. The molecule has 2 N–H and O–H groups in total. The third-order valence-corrected chi connectivity index (χ3v) is 3.57. The van der Waals surface area contributed by atoms with E-state index in [4.69, 9.17) is 0 Å². The van der Waals surface area contributed by atoms with Gasteiger partial charge in [-0.25, -0.2) is 9.36 Å². The van der Waals surface area contributed by atoms with Gasteiger partial charge in [-0.15, -0.1) is 0 Å². The van der Waals surface area contributed by atoms with Crippen molar-refractivity contribution in [1.29, 1.82) is 0 Å². The monoisotopic (exact) mass is 344 g/mol. The second-order valence-corrected chi connectivity index (χ2v) is 4.68. The highest BCUT2D eigenvalue weighted by atomic mass is 127. The number of hydrogen-bond acceptors (Lipinski definition) is 3. The molecular weight excluding hydrogens is 335 g/mol. The number of halogens is 1. The molecule has 0 fully saturated rings. The van der Waals surface area contributed by atoms with Crippen molar-refractivity contribution in [1.82, 2.24) is 9.55 Å². The Hall–Kier alpha value is -1.57. The molecule has 0 saturated carbocycles. The molecule has 1 aromatic carbocycles. The number of aromatic amines is 1. The SMILES string of the molecule is Cc1c(I)cccc1-n1c(O)cc(=O)[nH]c1=O. The highest BCUT2D eigenvalue weighted by molar-refractivity contribution is 14.1. The number of benzene rings is 1. The standard InChI is InChI=1S/C11H9IN2O3/c1-6-7(12)3-2-4-8(6)14-10(16)5-9(15)13-11(14)17/h2-5,16H,1H3,(H,13,15,17). The third kappa shape index (κ3) is 2.12.